The van der Waals surface area contributed by atoms with Gasteiger partial charge in [0.25, 0.3) is 0 Å². The van der Waals surface area contributed by atoms with Gasteiger partial charge in [-0.25, -0.2) is 4.39 Å². The van der Waals surface area contributed by atoms with Gasteiger partial charge in [0.15, 0.2) is 5.82 Å². The molecule has 0 amide bonds. The highest BCUT2D eigenvalue weighted by atomic mass is 19.1. The first-order valence-electron chi connectivity index (χ1n) is 3.37. The molecule has 0 unspecified atom stereocenters. The smallest absolute Gasteiger partial charge is 0.164 e. The number of hydrogen-bond acceptors (Lipinski definition) is 1. The number of aryl methyl sites for hydroxylation is 1. The van der Waals surface area contributed by atoms with Crippen molar-refractivity contribution in [2.45, 2.75) is 26.7 Å². The lowest BCUT2D eigenvalue weighted by Crippen LogP contribution is -1.80. The molecule has 0 bridgehead atoms. The Labute approximate surface area is 59.9 Å². The number of furan rings is 1. The monoisotopic (exact) mass is 142 g/mol. The zero-order valence-electron chi connectivity index (χ0n) is 6.44. The van der Waals surface area contributed by atoms with Crippen molar-refractivity contribution in [3.05, 3.63) is 23.4 Å². The third-order valence-electron chi connectivity index (χ3n) is 1.45. The van der Waals surface area contributed by atoms with Crippen LogP contribution in [0.15, 0.2) is 10.5 Å². The van der Waals surface area contributed by atoms with E-state index < -0.39 is 0 Å². The van der Waals surface area contributed by atoms with Gasteiger partial charge in [0.1, 0.15) is 11.5 Å². The van der Waals surface area contributed by atoms with Gasteiger partial charge in [0.05, 0.1) is 0 Å². The molecular formula is C8H11FO. The van der Waals surface area contributed by atoms with Crippen molar-refractivity contribution in [3.63, 3.8) is 0 Å². The molecule has 0 N–H and O–H groups in total. The first-order valence-corrected chi connectivity index (χ1v) is 3.37. The van der Waals surface area contributed by atoms with Gasteiger partial charge in [-0.3, -0.25) is 0 Å². The van der Waals surface area contributed by atoms with Crippen molar-refractivity contribution in [1.29, 1.82) is 0 Å². The van der Waals surface area contributed by atoms with Gasteiger partial charge in [-0.1, -0.05) is 13.8 Å². The minimum atomic E-state index is -0.247. The third kappa shape index (κ3) is 1.20. The minimum absolute atomic E-state index is 0.247. The van der Waals surface area contributed by atoms with Gasteiger partial charge >= 0.3 is 0 Å². The van der Waals surface area contributed by atoms with Crippen molar-refractivity contribution in [3.8, 4) is 0 Å². The SMILES string of the molecule is Cc1oc(C(C)C)cc1F. The largest absolute Gasteiger partial charge is 0.463 e. The van der Waals surface area contributed by atoms with Crippen LogP contribution < -0.4 is 0 Å². The highest BCUT2D eigenvalue weighted by Crippen LogP contribution is 2.19. The Bertz CT molecular complexity index is 206. The Hall–Kier alpha value is -0.790. The van der Waals surface area contributed by atoms with E-state index in [4.69, 9.17) is 4.42 Å². The van der Waals surface area contributed by atoms with Crippen molar-refractivity contribution < 1.29 is 8.81 Å². The maximum Gasteiger partial charge on any atom is 0.164 e. The van der Waals surface area contributed by atoms with Crippen molar-refractivity contribution >= 4 is 0 Å². The third-order valence-corrected chi connectivity index (χ3v) is 1.45. The standard InChI is InChI=1S/C8H11FO/c1-5(2)8-4-7(9)6(3)10-8/h4-5H,1-3H3. The lowest BCUT2D eigenvalue weighted by Gasteiger charge is -1.95. The van der Waals surface area contributed by atoms with E-state index in [2.05, 4.69) is 0 Å². The molecule has 0 radical (unpaired) electrons. The van der Waals surface area contributed by atoms with Crippen molar-refractivity contribution in [2.75, 3.05) is 0 Å². The summed E-state index contributed by atoms with van der Waals surface area (Å²) >= 11 is 0. The van der Waals surface area contributed by atoms with E-state index in [1.165, 1.54) is 6.07 Å². The molecule has 1 nitrogen and oxygen atoms in total. The lowest BCUT2D eigenvalue weighted by atomic mass is 10.2. The maximum absolute atomic E-state index is 12.6. The Balaban J connectivity index is 2.98. The summed E-state index contributed by atoms with van der Waals surface area (Å²) in [5, 5.41) is 0. The molecule has 1 heterocycles. The molecule has 0 saturated heterocycles. The van der Waals surface area contributed by atoms with Gasteiger partial charge in [0.2, 0.25) is 0 Å². The predicted octanol–water partition coefficient (Wildman–Crippen LogP) is 2.85. The van der Waals surface area contributed by atoms with Crippen molar-refractivity contribution in [1.82, 2.24) is 0 Å². The zero-order chi connectivity index (χ0) is 7.72. The van der Waals surface area contributed by atoms with Gasteiger partial charge in [0, 0.05) is 12.0 Å². The second-order valence-electron chi connectivity index (χ2n) is 2.71. The molecule has 1 aromatic rings. The molecule has 0 saturated carbocycles. The van der Waals surface area contributed by atoms with Crippen LogP contribution in [0.5, 0.6) is 0 Å². The molecule has 56 valence electrons. The molecule has 0 aromatic carbocycles. The average Bonchev–Trinajstić information content (AvgIpc) is 2.13. The molecule has 0 atom stereocenters. The Morgan fingerprint density at radius 1 is 1.50 bits per heavy atom. The average molecular weight is 142 g/mol. The van der Waals surface area contributed by atoms with E-state index in [9.17, 15) is 4.39 Å². The molecule has 0 spiro atoms. The lowest BCUT2D eigenvalue weighted by molar-refractivity contribution is 0.448. The first-order chi connectivity index (χ1) is 4.61. The summed E-state index contributed by atoms with van der Waals surface area (Å²) in [4.78, 5) is 0. The maximum atomic E-state index is 12.6. The summed E-state index contributed by atoms with van der Waals surface area (Å²) in [5.41, 5.74) is 0. The fourth-order valence-corrected chi connectivity index (χ4v) is 0.766. The fraction of sp³-hybridized carbons (Fsp3) is 0.500. The van der Waals surface area contributed by atoms with Crippen LogP contribution in [0, 0.1) is 12.7 Å². The summed E-state index contributed by atoms with van der Waals surface area (Å²) in [7, 11) is 0. The molecular weight excluding hydrogens is 131 g/mol. The van der Waals surface area contributed by atoms with Gasteiger partial charge < -0.3 is 4.42 Å². The quantitative estimate of drug-likeness (QED) is 0.587. The van der Waals surface area contributed by atoms with E-state index in [0.29, 0.717) is 5.76 Å². The van der Waals surface area contributed by atoms with E-state index in [1.54, 1.807) is 6.92 Å². The van der Waals surface area contributed by atoms with Gasteiger partial charge in [-0.2, -0.15) is 0 Å². The summed E-state index contributed by atoms with van der Waals surface area (Å²) in [5.74, 6) is 1.12. The minimum Gasteiger partial charge on any atom is -0.463 e. The van der Waals surface area contributed by atoms with Crippen LogP contribution in [0.4, 0.5) is 4.39 Å². The topological polar surface area (TPSA) is 13.1 Å². The van der Waals surface area contributed by atoms with Crippen LogP contribution in [0.3, 0.4) is 0 Å². The molecule has 0 aliphatic carbocycles. The molecule has 10 heavy (non-hydrogen) atoms. The van der Waals surface area contributed by atoms with Crippen molar-refractivity contribution in [2.24, 2.45) is 0 Å². The fourth-order valence-electron chi connectivity index (χ4n) is 0.766. The van der Waals surface area contributed by atoms with E-state index >= 15 is 0 Å². The van der Waals surface area contributed by atoms with Crippen LogP contribution in [-0.2, 0) is 0 Å². The zero-order valence-corrected chi connectivity index (χ0v) is 6.44. The highest BCUT2D eigenvalue weighted by Gasteiger charge is 2.08. The summed E-state index contributed by atoms with van der Waals surface area (Å²) < 4.78 is 17.7. The molecule has 0 aliphatic heterocycles. The van der Waals surface area contributed by atoms with E-state index in [0.717, 1.165) is 5.76 Å². The van der Waals surface area contributed by atoms with Gasteiger partial charge in [-0.05, 0) is 6.92 Å². The van der Waals surface area contributed by atoms with E-state index in [-0.39, 0.29) is 11.7 Å². The molecule has 2 heteroatoms. The molecule has 1 aromatic heterocycles. The van der Waals surface area contributed by atoms with Crippen LogP contribution in [0.25, 0.3) is 0 Å². The van der Waals surface area contributed by atoms with Crippen LogP contribution >= 0.6 is 0 Å². The summed E-state index contributed by atoms with van der Waals surface area (Å²) in [6, 6.07) is 1.44. The normalized spacial score (nSPS) is 10.9. The second kappa shape index (κ2) is 2.45. The molecule has 1 rings (SSSR count). The second-order valence-corrected chi connectivity index (χ2v) is 2.71. The van der Waals surface area contributed by atoms with Crippen LogP contribution in [-0.4, -0.2) is 0 Å². The Morgan fingerprint density at radius 2 is 2.10 bits per heavy atom. The van der Waals surface area contributed by atoms with E-state index in [1.807, 2.05) is 13.8 Å². The predicted molar refractivity (Wildman–Crippen MR) is 37.5 cm³/mol. The number of rotatable bonds is 1. The number of hydrogen-bond donors (Lipinski definition) is 0. The van der Waals surface area contributed by atoms with Crippen LogP contribution in [0.2, 0.25) is 0 Å². The number of halogens is 1. The van der Waals surface area contributed by atoms with Crippen LogP contribution in [0.1, 0.15) is 31.3 Å². The Kier molecular flexibility index (Phi) is 1.79. The first kappa shape index (κ1) is 7.32. The molecule has 0 aliphatic rings. The summed E-state index contributed by atoms with van der Waals surface area (Å²) in [6.45, 7) is 5.57. The Morgan fingerprint density at radius 3 is 2.30 bits per heavy atom. The highest BCUT2D eigenvalue weighted by molar-refractivity contribution is 5.11. The van der Waals surface area contributed by atoms with Gasteiger partial charge in [-0.15, -0.1) is 0 Å². The summed E-state index contributed by atoms with van der Waals surface area (Å²) in [6.07, 6.45) is 0. The molecule has 0 fully saturated rings.